The van der Waals surface area contributed by atoms with Gasteiger partial charge in [0, 0.05) is 29.7 Å². The van der Waals surface area contributed by atoms with Gasteiger partial charge in [-0.05, 0) is 49.2 Å². The number of nitrogens with zero attached hydrogens (tertiary/aromatic N) is 1. The van der Waals surface area contributed by atoms with E-state index in [0.29, 0.717) is 23.9 Å². The van der Waals surface area contributed by atoms with Crippen molar-refractivity contribution in [2.45, 2.75) is 18.9 Å². The molecule has 7 heteroatoms. The van der Waals surface area contributed by atoms with Crippen LogP contribution in [0, 0.1) is 0 Å². The Morgan fingerprint density at radius 3 is 2.67 bits per heavy atom. The van der Waals surface area contributed by atoms with Gasteiger partial charge < -0.3 is 19.7 Å². The largest absolute Gasteiger partial charge is 0.465 e. The van der Waals surface area contributed by atoms with Crippen LogP contribution >= 0.6 is 11.6 Å². The SMILES string of the molecule is O=C(O)N[C@H]1CCCN(C(=O)c2ccc(-c3ccc(Cl)cc3)o2)C1. The standard InChI is InChI=1S/C17H17ClN2O4/c18-12-5-3-11(4-6-12)14-7-8-15(24-14)16(21)20-9-1-2-13(10-20)19-17(22)23/h3-8,13,19H,1-2,9-10H2,(H,22,23)/t13-/m0/s1. The second-order valence-electron chi connectivity index (χ2n) is 5.71. The molecule has 126 valence electrons. The second kappa shape index (κ2) is 6.97. The molecule has 1 saturated heterocycles. The summed E-state index contributed by atoms with van der Waals surface area (Å²) in [5, 5.41) is 11.9. The first kappa shape index (κ1) is 16.4. The Balaban J connectivity index is 1.71. The molecule has 2 amide bonds. The van der Waals surface area contributed by atoms with Gasteiger partial charge >= 0.3 is 6.09 Å². The molecule has 24 heavy (non-hydrogen) atoms. The summed E-state index contributed by atoms with van der Waals surface area (Å²) in [5.41, 5.74) is 0.836. The monoisotopic (exact) mass is 348 g/mol. The Morgan fingerprint density at radius 2 is 1.96 bits per heavy atom. The lowest BCUT2D eigenvalue weighted by molar-refractivity contribution is 0.0661. The fourth-order valence-electron chi connectivity index (χ4n) is 2.83. The van der Waals surface area contributed by atoms with Crippen LogP contribution in [-0.2, 0) is 0 Å². The average Bonchev–Trinajstić information content (AvgIpc) is 3.04. The van der Waals surface area contributed by atoms with Gasteiger partial charge in [0.2, 0.25) is 0 Å². The summed E-state index contributed by atoms with van der Waals surface area (Å²) in [6.45, 7) is 0.940. The van der Waals surface area contributed by atoms with Crippen LogP contribution in [0.1, 0.15) is 23.4 Å². The van der Waals surface area contributed by atoms with Crippen molar-refractivity contribution in [2.24, 2.45) is 0 Å². The summed E-state index contributed by atoms with van der Waals surface area (Å²) in [6, 6.07) is 10.3. The van der Waals surface area contributed by atoms with Crippen LogP contribution in [-0.4, -0.2) is 41.1 Å². The first-order valence-corrected chi connectivity index (χ1v) is 8.05. The summed E-state index contributed by atoms with van der Waals surface area (Å²) < 4.78 is 5.67. The molecule has 0 radical (unpaired) electrons. The molecule has 1 aromatic carbocycles. The zero-order valence-corrected chi connectivity index (χ0v) is 13.6. The number of benzene rings is 1. The number of likely N-dealkylation sites (tertiary alicyclic amines) is 1. The van der Waals surface area contributed by atoms with Crippen molar-refractivity contribution in [1.82, 2.24) is 10.2 Å². The number of amides is 2. The fourth-order valence-corrected chi connectivity index (χ4v) is 2.96. The van der Waals surface area contributed by atoms with E-state index in [1.165, 1.54) is 0 Å². The number of rotatable bonds is 3. The number of furan rings is 1. The maximum absolute atomic E-state index is 12.6. The van der Waals surface area contributed by atoms with Crippen LogP contribution in [0.5, 0.6) is 0 Å². The van der Waals surface area contributed by atoms with E-state index >= 15 is 0 Å². The number of carbonyl (C=O) groups excluding carboxylic acids is 1. The minimum Gasteiger partial charge on any atom is -0.465 e. The lowest BCUT2D eigenvalue weighted by atomic mass is 10.1. The highest BCUT2D eigenvalue weighted by atomic mass is 35.5. The van der Waals surface area contributed by atoms with E-state index in [2.05, 4.69) is 5.32 Å². The Morgan fingerprint density at radius 1 is 1.21 bits per heavy atom. The van der Waals surface area contributed by atoms with E-state index in [9.17, 15) is 9.59 Å². The lowest BCUT2D eigenvalue weighted by Gasteiger charge is -2.31. The number of hydrogen-bond donors (Lipinski definition) is 2. The van der Waals surface area contributed by atoms with Gasteiger partial charge in [0.05, 0.1) is 0 Å². The molecule has 6 nitrogen and oxygen atoms in total. The van der Waals surface area contributed by atoms with Crippen molar-refractivity contribution in [1.29, 1.82) is 0 Å². The zero-order valence-electron chi connectivity index (χ0n) is 12.9. The van der Waals surface area contributed by atoms with E-state index in [1.807, 2.05) is 12.1 Å². The Bertz CT molecular complexity index is 741. The molecular formula is C17H17ClN2O4. The van der Waals surface area contributed by atoms with Gasteiger partial charge in [0.25, 0.3) is 5.91 Å². The summed E-state index contributed by atoms with van der Waals surface area (Å²) in [7, 11) is 0. The number of hydrogen-bond acceptors (Lipinski definition) is 3. The van der Waals surface area contributed by atoms with Crippen molar-refractivity contribution in [3.8, 4) is 11.3 Å². The molecule has 1 aromatic heterocycles. The van der Waals surface area contributed by atoms with E-state index in [1.54, 1.807) is 29.2 Å². The third kappa shape index (κ3) is 3.71. The van der Waals surface area contributed by atoms with Crippen molar-refractivity contribution in [3.63, 3.8) is 0 Å². The lowest BCUT2D eigenvalue weighted by Crippen LogP contribution is -2.49. The first-order chi connectivity index (χ1) is 11.5. The van der Waals surface area contributed by atoms with Crippen molar-refractivity contribution in [3.05, 3.63) is 47.2 Å². The zero-order chi connectivity index (χ0) is 17.1. The maximum Gasteiger partial charge on any atom is 0.404 e. The molecule has 0 unspecified atom stereocenters. The maximum atomic E-state index is 12.6. The molecule has 0 saturated carbocycles. The highest BCUT2D eigenvalue weighted by Crippen LogP contribution is 2.25. The number of carbonyl (C=O) groups is 2. The summed E-state index contributed by atoms with van der Waals surface area (Å²) >= 11 is 5.87. The van der Waals surface area contributed by atoms with E-state index in [-0.39, 0.29) is 17.7 Å². The number of nitrogens with one attached hydrogen (secondary N) is 1. The van der Waals surface area contributed by atoms with Crippen LogP contribution < -0.4 is 5.32 Å². The van der Waals surface area contributed by atoms with E-state index in [0.717, 1.165) is 18.4 Å². The van der Waals surface area contributed by atoms with Crippen molar-refractivity contribution >= 4 is 23.6 Å². The van der Waals surface area contributed by atoms with Gasteiger partial charge in [-0.1, -0.05) is 11.6 Å². The topological polar surface area (TPSA) is 82.8 Å². The third-order valence-corrected chi connectivity index (χ3v) is 4.23. The van der Waals surface area contributed by atoms with Gasteiger partial charge in [-0.25, -0.2) is 4.79 Å². The number of halogens is 1. The molecule has 1 atom stereocenters. The molecule has 3 rings (SSSR count). The molecule has 0 spiro atoms. The molecule has 1 fully saturated rings. The van der Waals surface area contributed by atoms with E-state index in [4.69, 9.17) is 21.1 Å². The Hall–Kier alpha value is -2.47. The first-order valence-electron chi connectivity index (χ1n) is 7.67. The van der Waals surface area contributed by atoms with Crippen molar-refractivity contribution in [2.75, 3.05) is 13.1 Å². The molecule has 0 aliphatic carbocycles. The molecule has 1 aliphatic rings. The van der Waals surface area contributed by atoms with E-state index < -0.39 is 6.09 Å². The van der Waals surface area contributed by atoms with Crippen LogP contribution in [0.25, 0.3) is 11.3 Å². The quantitative estimate of drug-likeness (QED) is 0.889. The number of carboxylic acid groups (broad SMARTS) is 1. The van der Waals surface area contributed by atoms with Gasteiger partial charge in [-0.15, -0.1) is 0 Å². The molecule has 0 bridgehead atoms. The molecule has 2 aromatic rings. The second-order valence-corrected chi connectivity index (χ2v) is 6.15. The Labute approximate surface area is 144 Å². The van der Waals surface area contributed by atoms with Gasteiger partial charge in [0.1, 0.15) is 5.76 Å². The molecule has 2 heterocycles. The molecule has 1 aliphatic heterocycles. The predicted molar refractivity (Wildman–Crippen MR) is 89.2 cm³/mol. The van der Waals surface area contributed by atoms with Gasteiger partial charge in [-0.2, -0.15) is 0 Å². The average molecular weight is 349 g/mol. The minimum absolute atomic E-state index is 0.230. The van der Waals surface area contributed by atoms with Crippen LogP contribution in [0.4, 0.5) is 4.79 Å². The highest BCUT2D eigenvalue weighted by Gasteiger charge is 2.27. The van der Waals surface area contributed by atoms with Crippen molar-refractivity contribution < 1.29 is 19.1 Å². The smallest absolute Gasteiger partial charge is 0.404 e. The summed E-state index contributed by atoms with van der Waals surface area (Å²) in [6.07, 6.45) is 0.406. The van der Waals surface area contributed by atoms with Crippen LogP contribution in [0.15, 0.2) is 40.8 Å². The van der Waals surface area contributed by atoms with Crippen LogP contribution in [0.2, 0.25) is 5.02 Å². The molecule has 2 N–H and O–H groups in total. The summed E-state index contributed by atoms with van der Waals surface area (Å²) in [4.78, 5) is 24.9. The molecular weight excluding hydrogens is 332 g/mol. The highest BCUT2D eigenvalue weighted by molar-refractivity contribution is 6.30. The predicted octanol–water partition coefficient (Wildman–Crippen LogP) is 3.47. The van der Waals surface area contributed by atoms with Crippen LogP contribution in [0.3, 0.4) is 0 Å². The summed E-state index contributed by atoms with van der Waals surface area (Å²) in [5.74, 6) is 0.607. The fraction of sp³-hybridized carbons (Fsp3) is 0.294. The normalized spacial score (nSPS) is 17.5. The minimum atomic E-state index is -1.07. The third-order valence-electron chi connectivity index (χ3n) is 3.98. The number of piperidine rings is 1. The van der Waals surface area contributed by atoms with Gasteiger partial charge in [0.15, 0.2) is 5.76 Å². The Kier molecular flexibility index (Phi) is 4.76. The van der Waals surface area contributed by atoms with Gasteiger partial charge in [-0.3, -0.25) is 4.79 Å².